The van der Waals surface area contributed by atoms with E-state index in [9.17, 15) is 4.79 Å². The van der Waals surface area contributed by atoms with Crippen LogP contribution in [0.15, 0.2) is 24.3 Å². The van der Waals surface area contributed by atoms with E-state index in [1.165, 1.54) is 0 Å². The number of halogens is 1. The molecule has 0 spiro atoms. The minimum Gasteiger partial charge on any atom is -0.497 e. The molecule has 0 saturated carbocycles. The van der Waals surface area contributed by atoms with Gasteiger partial charge < -0.3 is 15.0 Å². The SMILES string of the molecule is CCN(Cc1ccc(OC)cc1)C(=O)c1n[nH]c2c1CNCC2.Cl. The lowest BCUT2D eigenvalue weighted by molar-refractivity contribution is 0.0745. The number of nitrogens with one attached hydrogen (secondary N) is 2. The number of H-pyrrole nitrogens is 1. The lowest BCUT2D eigenvalue weighted by atomic mass is 10.1. The highest BCUT2D eigenvalue weighted by molar-refractivity contribution is 5.94. The van der Waals surface area contributed by atoms with Crippen molar-refractivity contribution in [3.8, 4) is 5.75 Å². The predicted molar refractivity (Wildman–Crippen MR) is 94.7 cm³/mol. The Morgan fingerprint density at radius 2 is 2.08 bits per heavy atom. The number of hydrogen-bond acceptors (Lipinski definition) is 4. The van der Waals surface area contributed by atoms with Crippen LogP contribution in [-0.2, 0) is 19.5 Å². The number of benzene rings is 1. The number of aromatic amines is 1. The first kappa shape index (κ1) is 18.3. The van der Waals surface area contributed by atoms with Gasteiger partial charge in [-0.1, -0.05) is 12.1 Å². The summed E-state index contributed by atoms with van der Waals surface area (Å²) >= 11 is 0. The summed E-state index contributed by atoms with van der Waals surface area (Å²) in [5.74, 6) is 0.792. The highest BCUT2D eigenvalue weighted by atomic mass is 35.5. The van der Waals surface area contributed by atoms with E-state index in [1.54, 1.807) is 7.11 Å². The van der Waals surface area contributed by atoms with Crippen molar-refractivity contribution >= 4 is 18.3 Å². The van der Waals surface area contributed by atoms with Crippen LogP contribution in [0, 0.1) is 0 Å². The van der Waals surface area contributed by atoms with Crippen LogP contribution in [0.3, 0.4) is 0 Å². The van der Waals surface area contributed by atoms with Crippen molar-refractivity contribution in [1.29, 1.82) is 0 Å². The Bertz CT molecular complexity index is 684. The zero-order chi connectivity index (χ0) is 16.2. The minimum atomic E-state index is -0.0236. The lowest BCUT2D eigenvalue weighted by Gasteiger charge is -2.21. The van der Waals surface area contributed by atoms with Crippen LogP contribution < -0.4 is 10.1 Å². The summed E-state index contributed by atoms with van der Waals surface area (Å²) in [6, 6.07) is 7.79. The third-order valence-electron chi connectivity index (χ3n) is 4.21. The van der Waals surface area contributed by atoms with Gasteiger partial charge in [0.2, 0.25) is 0 Å². The highest BCUT2D eigenvalue weighted by Crippen LogP contribution is 2.19. The quantitative estimate of drug-likeness (QED) is 0.866. The molecular formula is C17H23ClN4O2. The van der Waals surface area contributed by atoms with Crippen molar-refractivity contribution < 1.29 is 9.53 Å². The molecule has 0 aliphatic carbocycles. The molecule has 1 aliphatic heterocycles. The maximum absolute atomic E-state index is 12.8. The van der Waals surface area contributed by atoms with Crippen LogP contribution in [0.2, 0.25) is 0 Å². The first-order valence-electron chi connectivity index (χ1n) is 7.92. The molecule has 0 atom stereocenters. The van der Waals surface area contributed by atoms with E-state index in [1.807, 2.05) is 36.1 Å². The molecule has 2 heterocycles. The maximum Gasteiger partial charge on any atom is 0.274 e. The molecule has 0 unspecified atom stereocenters. The van der Waals surface area contributed by atoms with Gasteiger partial charge in [-0.05, 0) is 24.6 Å². The average molecular weight is 351 g/mol. The van der Waals surface area contributed by atoms with Crippen LogP contribution in [0.5, 0.6) is 5.75 Å². The van der Waals surface area contributed by atoms with Gasteiger partial charge in [-0.15, -0.1) is 12.4 Å². The zero-order valence-corrected chi connectivity index (χ0v) is 14.8. The second-order valence-corrected chi connectivity index (χ2v) is 5.62. The van der Waals surface area contributed by atoms with Crippen LogP contribution >= 0.6 is 12.4 Å². The molecular weight excluding hydrogens is 328 g/mol. The first-order valence-corrected chi connectivity index (χ1v) is 7.92. The normalized spacial score (nSPS) is 12.9. The number of rotatable bonds is 5. The molecule has 7 heteroatoms. The molecule has 1 aromatic heterocycles. The van der Waals surface area contributed by atoms with Crippen molar-refractivity contribution in [3.63, 3.8) is 0 Å². The molecule has 2 N–H and O–H groups in total. The van der Waals surface area contributed by atoms with Gasteiger partial charge in [-0.3, -0.25) is 9.89 Å². The topological polar surface area (TPSA) is 70.2 Å². The van der Waals surface area contributed by atoms with Gasteiger partial charge in [0.1, 0.15) is 5.75 Å². The predicted octanol–water partition coefficient (Wildman–Crippen LogP) is 2.15. The number of amides is 1. The Morgan fingerprint density at radius 3 is 2.75 bits per heavy atom. The van der Waals surface area contributed by atoms with Gasteiger partial charge in [0, 0.05) is 43.9 Å². The third-order valence-corrected chi connectivity index (χ3v) is 4.21. The summed E-state index contributed by atoms with van der Waals surface area (Å²) in [4.78, 5) is 14.6. The second kappa shape index (κ2) is 8.17. The number of carbonyl (C=O) groups is 1. The van der Waals surface area contributed by atoms with Crippen molar-refractivity contribution in [2.24, 2.45) is 0 Å². The van der Waals surface area contributed by atoms with Crippen LogP contribution in [-0.4, -0.2) is 41.2 Å². The second-order valence-electron chi connectivity index (χ2n) is 5.62. The number of nitrogens with zero attached hydrogens (tertiary/aromatic N) is 2. The number of ether oxygens (including phenoxy) is 1. The minimum absolute atomic E-state index is 0. The Labute approximate surface area is 148 Å². The van der Waals surface area contributed by atoms with Crippen molar-refractivity contribution in [3.05, 3.63) is 46.8 Å². The summed E-state index contributed by atoms with van der Waals surface area (Å²) < 4.78 is 5.17. The molecule has 130 valence electrons. The van der Waals surface area contributed by atoms with Crippen molar-refractivity contribution in [1.82, 2.24) is 20.4 Å². The molecule has 3 rings (SSSR count). The number of fused-ring (bicyclic) bond motifs is 1. The average Bonchev–Trinajstić information content (AvgIpc) is 3.03. The molecule has 1 amide bonds. The Hall–Kier alpha value is -2.05. The van der Waals surface area contributed by atoms with Crippen LogP contribution in [0.25, 0.3) is 0 Å². The molecule has 24 heavy (non-hydrogen) atoms. The standard InChI is InChI=1S/C17H22N4O2.ClH/c1-3-21(11-12-4-6-13(23-2)7-5-12)17(22)16-14-10-18-9-8-15(14)19-20-16;/h4-7,18H,3,8-11H2,1-2H3,(H,19,20);1H. The van der Waals surface area contributed by atoms with E-state index in [-0.39, 0.29) is 18.3 Å². The summed E-state index contributed by atoms with van der Waals surface area (Å²) in [5, 5.41) is 10.6. The van der Waals surface area contributed by atoms with E-state index < -0.39 is 0 Å². The van der Waals surface area contributed by atoms with Gasteiger partial charge in [-0.2, -0.15) is 5.10 Å². The molecule has 1 aliphatic rings. The fraction of sp³-hybridized carbons (Fsp3) is 0.412. The molecule has 1 aromatic carbocycles. The lowest BCUT2D eigenvalue weighted by Crippen LogP contribution is -2.32. The van der Waals surface area contributed by atoms with Gasteiger partial charge >= 0.3 is 0 Å². The third kappa shape index (κ3) is 3.71. The molecule has 6 nitrogen and oxygen atoms in total. The number of methoxy groups -OCH3 is 1. The monoisotopic (exact) mass is 350 g/mol. The molecule has 0 fully saturated rings. The summed E-state index contributed by atoms with van der Waals surface area (Å²) in [5.41, 5.74) is 3.70. The van der Waals surface area contributed by atoms with Gasteiger partial charge in [0.05, 0.1) is 7.11 Å². The van der Waals surface area contributed by atoms with E-state index in [4.69, 9.17) is 4.74 Å². The summed E-state index contributed by atoms with van der Waals surface area (Å²) in [6.07, 6.45) is 0.889. The maximum atomic E-state index is 12.8. The van der Waals surface area contributed by atoms with Crippen LogP contribution in [0.4, 0.5) is 0 Å². The number of carbonyl (C=O) groups excluding carboxylic acids is 1. The smallest absolute Gasteiger partial charge is 0.274 e. The van der Waals surface area contributed by atoms with Gasteiger partial charge in [0.15, 0.2) is 5.69 Å². The highest BCUT2D eigenvalue weighted by Gasteiger charge is 2.24. The first-order chi connectivity index (χ1) is 11.2. The Morgan fingerprint density at radius 1 is 1.33 bits per heavy atom. The number of aromatic nitrogens is 2. The van der Waals surface area contributed by atoms with Gasteiger partial charge in [-0.25, -0.2) is 0 Å². The summed E-state index contributed by atoms with van der Waals surface area (Å²) in [6.45, 7) is 4.81. The van der Waals surface area contributed by atoms with E-state index in [0.29, 0.717) is 25.3 Å². The number of hydrogen-bond donors (Lipinski definition) is 2. The molecule has 0 bridgehead atoms. The largest absolute Gasteiger partial charge is 0.497 e. The molecule has 0 radical (unpaired) electrons. The van der Waals surface area contributed by atoms with Gasteiger partial charge in [0.25, 0.3) is 5.91 Å². The van der Waals surface area contributed by atoms with E-state index in [2.05, 4.69) is 15.5 Å². The fourth-order valence-electron chi connectivity index (χ4n) is 2.83. The van der Waals surface area contributed by atoms with Crippen molar-refractivity contribution in [2.75, 3.05) is 20.2 Å². The summed E-state index contributed by atoms with van der Waals surface area (Å²) in [7, 11) is 1.64. The van der Waals surface area contributed by atoms with E-state index in [0.717, 1.165) is 35.5 Å². The Kier molecular flexibility index (Phi) is 6.23. The Balaban J connectivity index is 0.00000208. The molecule has 0 saturated heterocycles. The van der Waals surface area contributed by atoms with E-state index >= 15 is 0 Å². The zero-order valence-electron chi connectivity index (χ0n) is 14.0. The fourth-order valence-corrected chi connectivity index (χ4v) is 2.83. The molecule has 2 aromatic rings. The van der Waals surface area contributed by atoms with Crippen molar-refractivity contribution in [2.45, 2.75) is 26.4 Å². The van der Waals surface area contributed by atoms with Crippen LogP contribution in [0.1, 0.15) is 34.2 Å².